The average molecular weight is 1010 g/mol. The van der Waals surface area contributed by atoms with Crippen LogP contribution >= 0.6 is 0 Å². The van der Waals surface area contributed by atoms with Gasteiger partial charge in [-0.05, 0) is 171 Å². The minimum Gasteiger partial charge on any atom is -0.310 e. The fourth-order valence-corrected chi connectivity index (χ4v) is 12.7. The van der Waals surface area contributed by atoms with Crippen molar-refractivity contribution in [3.63, 3.8) is 0 Å². The molecule has 0 unspecified atom stereocenters. The van der Waals surface area contributed by atoms with E-state index in [1.54, 1.807) is 0 Å². The molecule has 11 aromatic rings. The lowest BCUT2D eigenvalue weighted by Gasteiger charge is -2.28. The maximum absolute atomic E-state index is 10.7. The standard InChI is InChI=1S/C75H63N3/c76-52-73-69-48-34-55(27-25-53-30-40-65(41-31-53)77(74-23-11-19-61-17-7-9-21-70(61)74)67-44-36-59(37-45-67)57-13-3-1-4-14-57)49-64(69)51-63-35-29-56(50-72(63)73)28-26-54-32-42-66(43-33-54)78(75-24-12-20-62-18-8-10-22-71(62)75)68-46-38-60(39-47-68)58-15-5-2-6-16-58/h7-12,17-51,57-58H,1-6,13-16H2. The van der Waals surface area contributed by atoms with Crippen molar-refractivity contribution in [3.05, 3.63) is 263 Å². The van der Waals surface area contributed by atoms with Crippen LogP contribution in [0, 0.1) is 11.3 Å². The van der Waals surface area contributed by atoms with Crippen LogP contribution in [0.25, 0.3) is 67.4 Å². The van der Waals surface area contributed by atoms with Crippen LogP contribution in [0.1, 0.15) is 115 Å². The first-order valence-corrected chi connectivity index (χ1v) is 28.3. The molecule has 0 spiro atoms. The molecule has 0 saturated heterocycles. The van der Waals surface area contributed by atoms with Gasteiger partial charge in [-0.3, -0.25) is 0 Å². The van der Waals surface area contributed by atoms with Crippen molar-refractivity contribution in [3.8, 4) is 6.07 Å². The first-order valence-electron chi connectivity index (χ1n) is 28.3. The summed E-state index contributed by atoms with van der Waals surface area (Å²) in [4.78, 5) is 4.80. The molecule has 0 radical (unpaired) electrons. The van der Waals surface area contributed by atoms with Gasteiger partial charge in [0, 0.05) is 44.3 Å². The molecule has 378 valence electrons. The van der Waals surface area contributed by atoms with Crippen molar-refractivity contribution in [2.75, 3.05) is 9.80 Å². The Balaban J connectivity index is 0.739. The summed E-state index contributed by atoms with van der Waals surface area (Å²) >= 11 is 0. The Hall–Kier alpha value is -8.97. The topological polar surface area (TPSA) is 30.3 Å². The van der Waals surface area contributed by atoms with Crippen molar-refractivity contribution in [2.45, 2.75) is 76.0 Å². The summed E-state index contributed by atoms with van der Waals surface area (Å²) in [7, 11) is 0. The van der Waals surface area contributed by atoms with Gasteiger partial charge in [0.25, 0.3) is 0 Å². The van der Waals surface area contributed by atoms with Crippen molar-refractivity contribution < 1.29 is 0 Å². The number of hydrogen-bond acceptors (Lipinski definition) is 3. The highest BCUT2D eigenvalue weighted by molar-refractivity contribution is 6.06. The molecule has 0 amide bonds. The van der Waals surface area contributed by atoms with E-state index < -0.39 is 0 Å². The number of benzene rings is 11. The van der Waals surface area contributed by atoms with E-state index in [9.17, 15) is 5.26 Å². The van der Waals surface area contributed by atoms with Crippen molar-refractivity contribution >= 4 is 102 Å². The molecular weight excluding hydrogens is 943 g/mol. The first-order chi connectivity index (χ1) is 38.6. The van der Waals surface area contributed by atoms with Gasteiger partial charge in [-0.15, -0.1) is 0 Å². The van der Waals surface area contributed by atoms with Crippen molar-refractivity contribution in [2.24, 2.45) is 0 Å². The SMILES string of the molecule is N#Cc1c2ccc(C=Cc3ccc(N(c4ccc(C5CCCCC5)cc4)c4cccc5ccccc45)cc3)cc2cc2ccc(C=Cc3ccc(N(c4ccc(C5CCCCC5)cc4)c4cccc5ccccc45)cc3)cc12. The van der Waals surface area contributed by atoms with Crippen LogP contribution in [0.2, 0.25) is 0 Å². The largest absolute Gasteiger partial charge is 0.310 e. The second-order valence-electron chi connectivity index (χ2n) is 21.7. The summed E-state index contributed by atoms with van der Waals surface area (Å²) in [6.45, 7) is 0. The minimum atomic E-state index is 0.664. The van der Waals surface area contributed by atoms with E-state index in [2.05, 4.69) is 265 Å². The first kappa shape index (κ1) is 48.7. The quantitative estimate of drug-likeness (QED) is 0.0902. The normalized spacial score (nSPS) is 14.4. The fraction of sp³-hybridized carbons (Fsp3) is 0.160. The lowest BCUT2D eigenvalue weighted by atomic mass is 9.84. The van der Waals surface area contributed by atoms with Gasteiger partial charge in [0.2, 0.25) is 0 Å². The number of hydrogen-bond donors (Lipinski definition) is 0. The Morgan fingerprint density at radius 2 is 0.731 bits per heavy atom. The Kier molecular flexibility index (Phi) is 13.7. The summed E-state index contributed by atoms with van der Waals surface area (Å²) in [5, 5.41) is 19.6. The van der Waals surface area contributed by atoms with E-state index in [1.165, 1.54) is 108 Å². The van der Waals surface area contributed by atoms with E-state index >= 15 is 0 Å². The van der Waals surface area contributed by atoms with E-state index in [1.807, 2.05) is 0 Å². The van der Waals surface area contributed by atoms with Crippen molar-refractivity contribution in [1.29, 1.82) is 5.26 Å². The molecule has 0 heterocycles. The Bertz CT molecular complexity index is 4020. The summed E-state index contributed by atoms with van der Waals surface area (Å²) < 4.78 is 0. The molecule has 0 aliphatic heterocycles. The van der Waals surface area contributed by atoms with Crippen LogP contribution in [0.3, 0.4) is 0 Å². The van der Waals surface area contributed by atoms with Crippen molar-refractivity contribution in [1.82, 2.24) is 0 Å². The van der Waals surface area contributed by atoms with Crippen LogP contribution in [0.5, 0.6) is 0 Å². The molecule has 78 heavy (non-hydrogen) atoms. The molecule has 0 bridgehead atoms. The molecule has 11 aromatic carbocycles. The van der Waals surface area contributed by atoms with Gasteiger partial charge < -0.3 is 9.80 Å². The summed E-state index contributed by atoms with van der Waals surface area (Å²) in [6.07, 6.45) is 21.9. The smallest absolute Gasteiger partial charge is 0.100 e. The summed E-state index contributed by atoms with van der Waals surface area (Å²) in [5.74, 6) is 1.33. The minimum absolute atomic E-state index is 0.664. The zero-order chi connectivity index (χ0) is 52.2. The Morgan fingerprint density at radius 1 is 0.321 bits per heavy atom. The number of rotatable bonds is 12. The van der Waals surface area contributed by atoms with Crippen LogP contribution < -0.4 is 9.80 Å². The summed E-state index contributed by atoms with van der Waals surface area (Å²) in [6, 6.07) is 84.7. The molecule has 13 rings (SSSR count). The molecule has 2 saturated carbocycles. The monoisotopic (exact) mass is 1010 g/mol. The fourth-order valence-electron chi connectivity index (χ4n) is 12.7. The Labute approximate surface area is 459 Å². The van der Waals surface area contributed by atoms with Gasteiger partial charge in [-0.2, -0.15) is 5.26 Å². The molecular formula is C75H63N3. The molecule has 3 heteroatoms. The second-order valence-corrected chi connectivity index (χ2v) is 21.7. The highest BCUT2D eigenvalue weighted by atomic mass is 15.1. The van der Waals surface area contributed by atoms with Gasteiger partial charge in [0.15, 0.2) is 0 Å². The van der Waals surface area contributed by atoms with Crippen LogP contribution in [-0.4, -0.2) is 0 Å². The molecule has 0 atom stereocenters. The molecule has 0 aromatic heterocycles. The van der Waals surface area contributed by atoms with E-state index in [4.69, 9.17) is 0 Å². The lowest BCUT2D eigenvalue weighted by molar-refractivity contribution is 0.443. The van der Waals surface area contributed by atoms with Gasteiger partial charge >= 0.3 is 0 Å². The van der Waals surface area contributed by atoms with Gasteiger partial charge in [-0.1, -0.05) is 208 Å². The molecule has 3 nitrogen and oxygen atoms in total. The molecule has 2 fully saturated rings. The molecule has 0 N–H and O–H groups in total. The second kappa shape index (κ2) is 21.9. The zero-order valence-electron chi connectivity index (χ0n) is 44.2. The third kappa shape index (κ3) is 9.99. The van der Waals surface area contributed by atoms with Gasteiger partial charge in [-0.25, -0.2) is 0 Å². The highest BCUT2D eigenvalue weighted by Crippen LogP contribution is 2.43. The predicted octanol–water partition coefficient (Wildman–Crippen LogP) is 21.5. The molecule has 2 aliphatic rings. The number of nitriles is 1. The third-order valence-corrected chi connectivity index (χ3v) is 16.8. The maximum Gasteiger partial charge on any atom is 0.100 e. The predicted molar refractivity (Wildman–Crippen MR) is 333 cm³/mol. The number of anilines is 6. The third-order valence-electron chi connectivity index (χ3n) is 16.8. The van der Waals surface area contributed by atoms with Crippen LogP contribution in [0.15, 0.2) is 224 Å². The highest BCUT2D eigenvalue weighted by Gasteiger charge is 2.21. The number of nitrogens with zero attached hydrogens (tertiary/aromatic N) is 3. The Morgan fingerprint density at radius 3 is 1.22 bits per heavy atom. The lowest BCUT2D eigenvalue weighted by Crippen LogP contribution is -2.11. The van der Waals surface area contributed by atoms with E-state index in [0.29, 0.717) is 17.4 Å². The van der Waals surface area contributed by atoms with Crippen LogP contribution in [-0.2, 0) is 0 Å². The van der Waals surface area contributed by atoms with E-state index in [0.717, 1.165) is 66.5 Å². The zero-order valence-corrected chi connectivity index (χ0v) is 44.2. The van der Waals surface area contributed by atoms with Gasteiger partial charge in [0.1, 0.15) is 6.07 Å². The molecule has 2 aliphatic carbocycles. The van der Waals surface area contributed by atoms with Crippen LogP contribution in [0.4, 0.5) is 34.1 Å². The number of fused-ring (bicyclic) bond motifs is 4. The average Bonchev–Trinajstić information content (AvgIpc) is 3.58. The van der Waals surface area contributed by atoms with E-state index in [-0.39, 0.29) is 0 Å². The van der Waals surface area contributed by atoms with Gasteiger partial charge in [0.05, 0.1) is 16.9 Å². The summed E-state index contributed by atoms with van der Waals surface area (Å²) in [5.41, 5.74) is 14.9. The maximum atomic E-state index is 10.7.